The molecule has 0 N–H and O–H groups in total. The third-order valence-corrected chi connectivity index (χ3v) is 15.4. The van der Waals surface area contributed by atoms with Crippen molar-refractivity contribution >= 4 is 28.1 Å². The summed E-state index contributed by atoms with van der Waals surface area (Å²) >= 11 is 0. The van der Waals surface area contributed by atoms with Crippen LogP contribution in [0.15, 0.2) is 94.3 Å². The number of cyclic esters (lactones) is 2. The van der Waals surface area contributed by atoms with Crippen LogP contribution in [-0.4, -0.2) is 116 Å². The number of oxazole rings is 2. The number of hydrogen-bond acceptors (Lipinski definition) is 14. The molecule has 3 rings (SSSR count). The second kappa shape index (κ2) is 31.0. The Kier molecular flexibility index (Phi) is 26.4. The normalized spacial score (nSPS) is 22.1. The van der Waals surface area contributed by atoms with Gasteiger partial charge in [0.2, 0.25) is 0 Å². The molecular weight excluding hydrogens is 949 g/mol. The smallest absolute Gasteiger partial charge is 0.360 e. The molecule has 2 aromatic rings. The Balaban J connectivity index is 1.95. The van der Waals surface area contributed by atoms with Gasteiger partial charge in [-0.05, 0) is 62.4 Å². The SMILES string of the molecule is C/C=C/[C@H](OCOCC[Si](C)(C)C)C(C)(C)[C@@H]1C/C=C\C#C/C=C/[C@@H](OC)Cc2nc(co2)C(=O)O[C@H](C(C)(C)[C@H](/C=C/C)OCOCC[Si](C)(C)C)C/C=C\C#C/C=C/[C@@H](OC)Cc2nc(co2)C(=O)O1. The van der Waals surface area contributed by atoms with Crippen molar-refractivity contribution in [3.05, 3.63) is 109 Å². The first-order chi connectivity index (χ1) is 34.1. The molecule has 3 heterocycles. The van der Waals surface area contributed by atoms with Crippen LogP contribution in [0.25, 0.3) is 0 Å². The van der Waals surface area contributed by atoms with Crippen molar-refractivity contribution < 1.29 is 56.3 Å². The molecule has 2 aromatic heterocycles. The van der Waals surface area contributed by atoms with E-state index in [1.54, 1.807) is 50.7 Å². The fourth-order valence-electron chi connectivity index (χ4n) is 7.06. The van der Waals surface area contributed by atoms with Gasteiger partial charge in [-0.3, -0.25) is 0 Å². The molecule has 72 heavy (non-hydrogen) atoms. The van der Waals surface area contributed by atoms with Crippen LogP contribution in [0, 0.1) is 34.5 Å². The topological polar surface area (TPSA) is 160 Å². The first kappa shape index (κ1) is 61.4. The number of esters is 2. The van der Waals surface area contributed by atoms with Crippen LogP contribution in [0.2, 0.25) is 51.4 Å². The molecule has 4 bridgehead atoms. The summed E-state index contributed by atoms with van der Waals surface area (Å²) in [5.74, 6) is 11.4. The van der Waals surface area contributed by atoms with E-state index in [2.05, 4.69) is 72.9 Å². The third-order valence-electron chi connectivity index (χ3n) is 12.0. The highest BCUT2D eigenvalue weighted by molar-refractivity contribution is 6.76. The molecule has 14 nitrogen and oxygen atoms in total. The molecule has 0 amide bonds. The minimum Gasteiger partial charge on any atom is -0.457 e. The third kappa shape index (κ3) is 22.5. The number of ether oxygens (including phenoxy) is 8. The molecule has 1 aliphatic heterocycles. The maximum Gasteiger partial charge on any atom is 0.360 e. The van der Waals surface area contributed by atoms with Gasteiger partial charge in [0.1, 0.15) is 38.3 Å². The number of fused-ring (bicyclic) bond motifs is 4. The van der Waals surface area contributed by atoms with E-state index in [1.165, 1.54) is 12.5 Å². The number of rotatable bonds is 20. The number of methoxy groups -OCH3 is 2. The van der Waals surface area contributed by atoms with Crippen LogP contribution in [-0.2, 0) is 50.7 Å². The maximum absolute atomic E-state index is 13.8. The van der Waals surface area contributed by atoms with Crippen molar-refractivity contribution in [2.45, 2.75) is 155 Å². The van der Waals surface area contributed by atoms with Crippen LogP contribution in [0.4, 0.5) is 0 Å². The molecule has 16 heteroatoms. The van der Waals surface area contributed by atoms with Gasteiger partial charge in [-0.2, -0.15) is 0 Å². The largest absolute Gasteiger partial charge is 0.457 e. The summed E-state index contributed by atoms with van der Waals surface area (Å²) in [4.78, 5) is 36.5. The summed E-state index contributed by atoms with van der Waals surface area (Å²) in [5.41, 5.74) is -1.42. The average molecular weight is 1030 g/mol. The summed E-state index contributed by atoms with van der Waals surface area (Å²) in [6.45, 7) is 27.0. The van der Waals surface area contributed by atoms with Gasteiger partial charge in [-0.15, -0.1) is 0 Å². The van der Waals surface area contributed by atoms with Gasteiger partial charge < -0.3 is 46.7 Å². The molecule has 0 aliphatic carbocycles. The summed E-state index contributed by atoms with van der Waals surface area (Å²) in [6.07, 6.45) is 22.2. The van der Waals surface area contributed by atoms with Crippen LogP contribution in [0.1, 0.15) is 87.1 Å². The van der Waals surface area contributed by atoms with E-state index in [9.17, 15) is 9.59 Å². The zero-order valence-electron chi connectivity index (χ0n) is 45.4. The highest BCUT2D eigenvalue weighted by atomic mass is 28.3. The molecule has 396 valence electrons. The molecule has 0 radical (unpaired) electrons. The second-order valence-electron chi connectivity index (χ2n) is 21.1. The van der Waals surface area contributed by atoms with Crippen LogP contribution in [0.5, 0.6) is 0 Å². The predicted octanol–water partition coefficient (Wildman–Crippen LogP) is 11.2. The quantitative estimate of drug-likeness (QED) is 0.0308. The summed E-state index contributed by atoms with van der Waals surface area (Å²) in [6, 6.07) is 2.03. The van der Waals surface area contributed by atoms with E-state index >= 15 is 0 Å². The molecule has 0 saturated heterocycles. The lowest BCUT2D eigenvalue weighted by Gasteiger charge is -2.38. The van der Waals surface area contributed by atoms with Crippen molar-refractivity contribution in [2.24, 2.45) is 10.8 Å². The van der Waals surface area contributed by atoms with Gasteiger partial charge in [0.15, 0.2) is 23.2 Å². The lowest BCUT2D eigenvalue weighted by molar-refractivity contribution is -0.129. The Bertz CT molecular complexity index is 2110. The predicted molar refractivity (Wildman–Crippen MR) is 287 cm³/mol. The number of nitrogens with zero attached hydrogens (tertiary/aromatic N) is 2. The Morgan fingerprint density at radius 1 is 0.639 bits per heavy atom. The zero-order chi connectivity index (χ0) is 53.2. The summed E-state index contributed by atoms with van der Waals surface area (Å²) in [5, 5.41) is 0. The van der Waals surface area contributed by atoms with Crippen molar-refractivity contribution in [2.75, 3.05) is 41.0 Å². The first-order valence-electron chi connectivity index (χ1n) is 24.8. The van der Waals surface area contributed by atoms with E-state index in [0.29, 0.717) is 26.1 Å². The molecule has 0 fully saturated rings. The highest BCUT2D eigenvalue weighted by Crippen LogP contribution is 2.36. The standard InChI is InChI=1S/C56H82N2O12Si2/c1-15-27-47(67-41-63-33-35-71(9,10)11)55(3,4)49-31-25-21-17-19-23-29-44(62-8)38-52-58-46(40-66-52)54(60)70-50(56(5,6)48(28-16-2)68-42-64-34-36-72(12,13)14)32-26-22-18-20-24-30-43(61-7)37-51-57-45(39-65-51)53(59)69-49/h15-16,21-30,39-40,43-44,47-50H,31-38,41-42H2,1-14H3/b25-21-,26-22-,27-15+,28-16+,29-23+,30-24+/t43-,44-,47+,48+,49+,50+/m1/s1. The van der Waals surface area contributed by atoms with E-state index in [-0.39, 0.29) is 49.6 Å². The van der Waals surface area contributed by atoms with Crippen LogP contribution in [0.3, 0.4) is 0 Å². The monoisotopic (exact) mass is 1030 g/mol. The lowest BCUT2D eigenvalue weighted by atomic mass is 9.78. The molecule has 6 atom stereocenters. The van der Waals surface area contributed by atoms with E-state index < -0.39 is 75.5 Å². The van der Waals surface area contributed by atoms with E-state index in [1.807, 2.05) is 78.0 Å². The molecular formula is C56H82N2O12Si2. The summed E-state index contributed by atoms with van der Waals surface area (Å²) in [7, 11) is 0.563. The Labute approximate surface area is 432 Å². The van der Waals surface area contributed by atoms with Crippen molar-refractivity contribution in [3.8, 4) is 23.7 Å². The Morgan fingerprint density at radius 2 is 1.01 bits per heavy atom. The molecule has 0 saturated carbocycles. The fourth-order valence-corrected chi connectivity index (χ4v) is 8.58. The van der Waals surface area contributed by atoms with Gasteiger partial charge >= 0.3 is 11.9 Å². The number of allylic oxidation sites excluding steroid dienone is 6. The minimum absolute atomic E-state index is 0.0246. The van der Waals surface area contributed by atoms with Gasteiger partial charge in [-0.25, -0.2) is 19.6 Å². The van der Waals surface area contributed by atoms with Crippen LogP contribution >= 0.6 is 0 Å². The van der Waals surface area contributed by atoms with Crippen molar-refractivity contribution in [3.63, 3.8) is 0 Å². The Hall–Kier alpha value is -4.89. The maximum atomic E-state index is 13.8. The zero-order valence-corrected chi connectivity index (χ0v) is 47.4. The number of carbonyl (C=O) groups is 2. The molecule has 0 spiro atoms. The number of aromatic nitrogens is 2. The van der Waals surface area contributed by atoms with Crippen LogP contribution < -0.4 is 0 Å². The van der Waals surface area contributed by atoms with Gasteiger partial charge in [0.05, 0.1) is 37.3 Å². The van der Waals surface area contributed by atoms with E-state index in [0.717, 1.165) is 12.1 Å². The molecule has 0 aromatic carbocycles. The average Bonchev–Trinajstić information content (AvgIpc) is 4.00. The minimum atomic E-state index is -1.29. The van der Waals surface area contributed by atoms with E-state index in [4.69, 9.17) is 46.7 Å². The number of carbonyl (C=O) groups excluding carboxylic acids is 2. The number of hydrogen-bond donors (Lipinski definition) is 0. The summed E-state index contributed by atoms with van der Waals surface area (Å²) < 4.78 is 59.6. The van der Waals surface area contributed by atoms with Gasteiger partial charge in [-0.1, -0.05) is 127 Å². The first-order valence-corrected chi connectivity index (χ1v) is 32.2. The van der Waals surface area contributed by atoms with Crippen molar-refractivity contribution in [1.82, 2.24) is 9.97 Å². The van der Waals surface area contributed by atoms with Gasteiger partial charge in [0, 0.05) is 67.3 Å². The lowest BCUT2D eigenvalue weighted by Crippen LogP contribution is -2.43. The second-order valence-corrected chi connectivity index (χ2v) is 32.4. The fraction of sp³-hybridized carbons (Fsp3) is 0.571. The Morgan fingerprint density at radius 3 is 1.36 bits per heavy atom. The van der Waals surface area contributed by atoms with Gasteiger partial charge in [0.25, 0.3) is 0 Å². The highest BCUT2D eigenvalue weighted by Gasteiger charge is 2.41. The molecule has 1 aliphatic rings. The van der Waals surface area contributed by atoms with Crippen molar-refractivity contribution in [1.29, 1.82) is 0 Å². The molecule has 0 unspecified atom stereocenters.